The highest BCUT2D eigenvalue weighted by Gasteiger charge is 2.46. The number of nitrogens with zero attached hydrogens (tertiary/aromatic N) is 4. The Bertz CT molecular complexity index is 1240. The molecule has 0 saturated carbocycles. The molecule has 4 rings (SSSR count). The number of nitrogens with two attached hydrogens (primary N) is 1. The number of hydrogen-bond acceptors (Lipinski definition) is 18. The van der Waals surface area contributed by atoms with Crippen molar-refractivity contribution in [1.29, 1.82) is 0 Å². The second-order valence-electron chi connectivity index (χ2n) is 8.30. The molecule has 2 aliphatic rings. The number of aliphatic hydroxyl groups is 6. The van der Waals surface area contributed by atoms with Crippen LogP contribution in [0.25, 0.3) is 11.2 Å². The monoisotopic (exact) mass is 582 g/mol. The molecule has 2 aliphatic heterocycles. The number of imidazole rings is 1. The molecule has 2 aromatic rings. The van der Waals surface area contributed by atoms with Gasteiger partial charge in [0.05, 0.1) is 27.0 Å². The van der Waals surface area contributed by atoms with Gasteiger partial charge in [0.2, 0.25) is 0 Å². The zero-order chi connectivity index (χ0) is 28.0. The van der Waals surface area contributed by atoms with Crippen LogP contribution in [0.1, 0.15) is 6.23 Å². The van der Waals surface area contributed by atoms with Crippen LogP contribution < -0.4 is 10.6 Å². The van der Waals surface area contributed by atoms with Crippen LogP contribution in [0.2, 0.25) is 0 Å². The summed E-state index contributed by atoms with van der Waals surface area (Å²) in [5.41, 5.74) is 6.09. The van der Waals surface area contributed by atoms with E-state index < -0.39 is 83.8 Å². The van der Waals surface area contributed by atoms with Gasteiger partial charge in [-0.1, -0.05) is 0 Å². The zero-order valence-corrected chi connectivity index (χ0v) is 20.8. The molecular formula is C16H23BN5O14P2-2. The molecule has 19 nitrogen and oxygen atoms in total. The standard InChI is InChI=1S/C16H24BN5O14P2/c17-37(29,36-38(30,31)35-16-12(28)10(26)8(24)5(1-23)34-16)32-2-6-9(25)11(27)15(33-6)22-4-21-7-13(18)19-3-20-14(7)22/h3-6,8-12,15-16,23-28H,1-2H2,(H,30,31)(H2,18,19,20)/q-1/p-1/t5?,6-,8+,9+,10+,11?,12?,15-,16+,37-/m1/s1. The normalized spacial score (nSPS) is 37.2. The van der Waals surface area contributed by atoms with Crippen LogP contribution >= 0.6 is 15.3 Å². The molecule has 0 amide bonds. The topological polar surface area (TPSA) is 294 Å². The van der Waals surface area contributed by atoms with Crippen molar-refractivity contribution in [3.05, 3.63) is 12.7 Å². The number of phosphoric acid groups is 1. The summed E-state index contributed by atoms with van der Waals surface area (Å²) in [7, 11) is -5.39. The summed E-state index contributed by atoms with van der Waals surface area (Å²) in [5, 5.41) is 59.3. The first-order chi connectivity index (χ1) is 17.7. The van der Waals surface area contributed by atoms with Crippen molar-refractivity contribution in [1.82, 2.24) is 19.5 Å². The van der Waals surface area contributed by atoms with Crippen LogP contribution in [0.4, 0.5) is 5.82 Å². The zero-order valence-electron chi connectivity index (χ0n) is 19.1. The number of phosphoric ester groups is 1. The highest BCUT2D eigenvalue weighted by atomic mass is 31.3. The lowest BCUT2D eigenvalue weighted by molar-refractivity contribution is -0.301. The number of aromatic nitrogens is 4. The van der Waals surface area contributed by atoms with E-state index in [1.165, 1.54) is 10.9 Å². The van der Waals surface area contributed by atoms with Crippen molar-refractivity contribution in [2.75, 3.05) is 18.9 Å². The molecule has 2 fully saturated rings. The van der Waals surface area contributed by atoms with Crippen LogP contribution in [0, 0.1) is 0 Å². The number of fused-ring (bicyclic) bond motifs is 1. The van der Waals surface area contributed by atoms with Crippen molar-refractivity contribution < 1.29 is 67.5 Å². The summed E-state index contributed by atoms with van der Waals surface area (Å²) < 4.78 is 49.8. The van der Waals surface area contributed by atoms with Gasteiger partial charge in [-0.15, -0.1) is 0 Å². The van der Waals surface area contributed by atoms with Gasteiger partial charge >= 0.3 is 0 Å². The van der Waals surface area contributed by atoms with E-state index in [9.17, 15) is 39.6 Å². The smallest absolute Gasteiger partial charge is 0.274 e. The Balaban J connectivity index is 1.38. The lowest BCUT2D eigenvalue weighted by atomic mass is 10.00. The van der Waals surface area contributed by atoms with Crippen molar-refractivity contribution in [2.24, 2.45) is 0 Å². The van der Waals surface area contributed by atoms with Crippen molar-refractivity contribution in [3.63, 3.8) is 0 Å². The van der Waals surface area contributed by atoms with E-state index in [0.717, 1.165) is 6.33 Å². The number of ether oxygens (including phenoxy) is 2. The van der Waals surface area contributed by atoms with Crippen molar-refractivity contribution in [3.8, 4) is 0 Å². The fourth-order valence-corrected chi connectivity index (χ4v) is 6.04. The van der Waals surface area contributed by atoms with Gasteiger partial charge in [-0.2, -0.15) is 0 Å². The van der Waals surface area contributed by atoms with Gasteiger partial charge in [-0.25, -0.2) is 15.0 Å². The summed E-state index contributed by atoms with van der Waals surface area (Å²) in [4.78, 5) is 24.0. The highest BCUT2D eigenvalue weighted by Crippen LogP contribution is 2.59. The Kier molecular flexibility index (Phi) is 8.59. The van der Waals surface area contributed by atoms with Crippen LogP contribution in [0.15, 0.2) is 12.7 Å². The molecule has 0 aliphatic carbocycles. The first kappa shape index (κ1) is 29.4. The van der Waals surface area contributed by atoms with Gasteiger partial charge in [0.15, 0.2) is 24.0 Å². The van der Waals surface area contributed by atoms with E-state index in [1.807, 2.05) is 0 Å². The highest BCUT2D eigenvalue weighted by molar-refractivity contribution is 7.83. The van der Waals surface area contributed by atoms with E-state index in [2.05, 4.69) is 23.8 Å². The minimum atomic E-state index is -5.69. The Labute approximate surface area is 214 Å². The Morgan fingerprint density at radius 3 is 2.39 bits per heavy atom. The minimum absolute atomic E-state index is 0.0517. The molecule has 2 aromatic heterocycles. The second-order valence-corrected chi connectivity index (χ2v) is 11.4. The van der Waals surface area contributed by atoms with Crippen molar-refractivity contribution in [2.45, 2.75) is 55.2 Å². The van der Waals surface area contributed by atoms with E-state index in [1.54, 1.807) is 0 Å². The number of anilines is 1. The summed E-state index contributed by atoms with van der Waals surface area (Å²) in [6, 6.07) is 0. The summed E-state index contributed by atoms with van der Waals surface area (Å²) in [6.45, 7) is -1.72. The maximum atomic E-state index is 12.5. The summed E-state index contributed by atoms with van der Waals surface area (Å²) in [5.74, 6) is 0.0517. The maximum absolute atomic E-state index is 12.5. The Hall–Kier alpha value is -1.61. The third-order valence-electron chi connectivity index (χ3n) is 5.71. The van der Waals surface area contributed by atoms with E-state index >= 15 is 0 Å². The van der Waals surface area contributed by atoms with Gasteiger partial charge in [0, 0.05) is 0 Å². The van der Waals surface area contributed by atoms with Gasteiger partial charge in [0.25, 0.3) is 7.82 Å². The van der Waals surface area contributed by atoms with Crippen LogP contribution in [-0.4, -0.2) is 120 Å². The number of rotatable bonds is 9. The molecular weight excluding hydrogens is 559 g/mol. The molecule has 4 heterocycles. The van der Waals surface area contributed by atoms with Gasteiger partial charge in [-0.05, 0) is 0 Å². The molecule has 0 bridgehead atoms. The molecule has 211 valence electrons. The molecule has 2 saturated heterocycles. The molecule has 22 heteroatoms. The van der Waals surface area contributed by atoms with Gasteiger partial charge in [0.1, 0.15) is 54.6 Å². The molecule has 0 spiro atoms. The Morgan fingerprint density at radius 1 is 1.03 bits per heavy atom. The second kappa shape index (κ2) is 11.1. The molecule has 11 atom stereocenters. The number of nitrogen functional groups attached to an aromatic ring is 1. The van der Waals surface area contributed by atoms with Gasteiger partial charge in [-0.3, -0.25) is 18.0 Å². The van der Waals surface area contributed by atoms with Crippen molar-refractivity contribution >= 4 is 39.8 Å². The van der Waals surface area contributed by atoms with Crippen LogP contribution in [0.3, 0.4) is 0 Å². The fraction of sp³-hybridized carbons (Fsp3) is 0.688. The van der Waals surface area contributed by atoms with E-state index in [0.29, 0.717) is 0 Å². The summed E-state index contributed by atoms with van der Waals surface area (Å²) in [6.07, 6.45) is -13.1. The predicted molar refractivity (Wildman–Crippen MR) is 119 cm³/mol. The van der Waals surface area contributed by atoms with Crippen LogP contribution in [0.5, 0.6) is 0 Å². The van der Waals surface area contributed by atoms with E-state index in [-0.39, 0.29) is 17.0 Å². The molecule has 0 aromatic carbocycles. The largest absolute Gasteiger partial charge is 0.756 e. The van der Waals surface area contributed by atoms with Crippen LogP contribution in [-0.2, 0) is 32.0 Å². The Morgan fingerprint density at radius 2 is 1.71 bits per heavy atom. The summed E-state index contributed by atoms with van der Waals surface area (Å²) >= 11 is 0. The third kappa shape index (κ3) is 5.93. The molecule has 3 radical (unpaired) electrons. The maximum Gasteiger partial charge on any atom is 0.274 e. The first-order valence-electron chi connectivity index (χ1n) is 10.7. The average molecular weight is 582 g/mol. The number of aliphatic hydroxyl groups excluding tert-OH is 6. The number of hydrogen-bond donors (Lipinski definition) is 7. The van der Waals surface area contributed by atoms with Gasteiger partial charge < -0.3 is 67.4 Å². The van der Waals surface area contributed by atoms with E-state index in [4.69, 9.17) is 32.4 Å². The fourth-order valence-electron chi connectivity index (χ4n) is 3.79. The lowest BCUT2D eigenvalue weighted by Crippen LogP contribution is -2.59. The third-order valence-corrected chi connectivity index (χ3v) is 8.40. The predicted octanol–water partition coefficient (Wildman–Crippen LogP) is -4.38. The first-order valence-corrected chi connectivity index (χ1v) is 13.8. The molecule has 8 N–H and O–H groups in total. The lowest BCUT2D eigenvalue weighted by Gasteiger charge is -2.42. The quantitative estimate of drug-likeness (QED) is 0.108. The average Bonchev–Trinajstić information content (AvgIpc) is 3.39. The SMILES string of the molecule is [B-][P@@](=O)(OC[C@H]1O[C@@H](n2cnc3c(N)ncnc32)C(O)[C@H]1O)OP(=O)([O-])O[C@@H]1OC(CO)[C@H](O)[C@H](O)C1O. The minimum Gasteiger partial charge on any atom is -0.756 e. The molecule has 38 heavy (non-hydrogen) atoms. The molecule has 4 unspecified atom stereocenters.